The summed E-state index contributed by atoms with van der Waals surface area (Å²) in [7, 11) is 0. The third-order valence-corrected chi connectivity index (χ3v) is 3.35. The molecule has 0 atom stereocenters. The molecule has 0 amide bonds. The van der Waals surface area contributed by atoms with Crippen molar-refractivity contribution in [2.75, 3.05) is 13.1 Å². The minimum atomic E-state index is 0. The molecule has 0 spiro atoms. The summed E-state index contributed by atoms with van der Waals surface area (Å²) in [6, 6.07) is 0. The normalized spacial score (nSPS) is 17.8. The highest BCUT2D eigenvalue weighted by molar-refractivity contribution is 14.0. The molecular formula is C13H28IN3. The van der Waals surface area contributed by atoms with Crippen LogP contribution in [-0.4, -0.2) is 19.0 Å². The van der Waals surface area contributed by atoms with Crippen molar-refractivity contribution in [3.63, 3.8) is 0 Å². The highest BCUT2D eigenvalue weighted by Crippen LogP contribution is 2.49. The van der Waals surface area contributed by atoms with Crippen LogP contribution >= 0.6 is 24.0 Å². The van der Waals surface area contributed by atoms with Crippen LogP contribution in [0.5, 0.6) is 0 Å². The zero-order chi connectivity index (χ0) is 12.0. The zero-order valence-corrected chi connectivity index (χ0v) is 13.8. The lowest BCUT2D eigenvalue weighted by Crippen LogP contribution is -2.33. The molecule has 3 N–H and O–H groups in total. The lowest BCUT2D eigenvalue weighted by Gasteiger charge is -2.12. The van der Waals surface area contributed by atoms with Gasteiger partial charge in [-0.2, -0.15) is 0 Å². The maximum absolute atomic E-state index is 5.83. The Balaban J connectivity index is 0.00000256. The Morgan fingerprint density at radius 2 is 2.06 bits per heavy atom. The zero-order valence-electron chi connectivity index (χ0n) is 11.5. The minimum absolute atomic E-state index is 0. The van der Waals surface area contributed by atoms with Crippen molar-refractivity contribution < 1.29 is 0 Å². The number of halogens is 1. The van der Waals surface area contributed by atoms with Gasteiger partial charge in [-0.05, 0) is 37.0 Å². The fraction of sp³-hybridized carbons (Fsp3) is 0.923. The van der Waals surface area contributed by atoms with Crippen LogP contribution in [0.15, 0.2) is 4.99 Å². The maximum atomic E-state index is 5.83. The second kappa shape index (κ2) is 8.16. The number of aliphatic imine (C=N–C) groups is 1. The predicted molar refractivity (Wildman–Crippen MR) is 85.9 cm³/mol. The Morgan fingerprint density at radius 1 is 1.41 bits per heavy atom. The fourth-order valence-corrected chi connectivity index (χ4v) is 1.99. The van der Waals surface area contributed by atoms with Gasteiger partial charge in [0.25, 0.3) is 0 Å². The van der Waals surface area contributed by atoms with Crippen molar-refractivity contribution >= 4 is 29.9 Å². The molecular weight excluding hydrogens is 325 g/mol. The Hall–Kier alpha value is 0. The van der Waals surface area contributed by atoms with Gasteiger partial charge in [-0.1, -0.05) is 27.2 Å². The molecule has 3 nitrogen and oxygen atoms in total. The maximum Gasteiger partial charge on any atom is 0.188 e. The topological polar surface area (TPSA) is 50.4 Å². The summed E-state index contributed by atoms with van der Waals surface area (Å²) in [6.45, 7) is 8.54. The Kier molecular flexibility index (Phi) is 8.16. The molecule has 0 bridgehead atoms. The first-order chi connectivity index (χ1) is 7.58. The van der Waals surface area contributed by atoms with E-state index >= 15 is 0 Å². The van der Waals surface area contributed by atoms with E-state index in [0.717, 1.165) is 25.4 Å². The summed E-state index contributed by atoms with van der Waals surface area (Å²) in [5.41, 5.74) is 6.34. The summed E-state index contributed by atoms with van der Waals surface area (Å²) in [5, 5.41) is 3.18. The number of nitrogens with one attached hydrogen (secondary N) is 1. The fourth-order valence-electron chi connectivity index (χ4n) is 1.99. The number of nitrogens with zero attached hydrogens (tertiary/aromatic N) is 1. The molecule has 0 unspecified atom stereocenters. The van der Waals surface area contributed by atoms with Gasteiger partial charge in [0.15, 0.2) is 5.96 Å². The van der Waals surface area contributed by atoms with Crippen LogP contribution in [0.3, 0.4) is 0 Å². The van der Waals surface area contributed by atoms with Crippen molar-refractivity contribution in [1.82, 2.24) is 5.32 Å². The van der Waals surface area contributed by atoms with Gasteiger partial charge in [-0.3, -0.25) is 4.99 Å². The van der Waals surface area contributed by atoms with Gasteiger partial charge in [-0.15, -0.1) is 24.0 Å². The van der Waals surface area contributed by atoms with Crippen LogP contribution in [0, 0.1) is 11.3 Å². The first-order valence-electron chi connectivity index (χ1n) is 6.62. The average Bonchev–Trinajstić information content (AvgIpc) is 2.96. The molecule has 102 valence electrons. The number of nitrogens with two attached hydrogens (primary N) is 1. The van der Waals surface area contributed by atoms with Gasteiger partial charge in [0.1, 0.15) is 0 Å². The number of hydrogen-bond acceptors (Lipinski definition) is 1. The predicted octanol–water partition coefficient (Wildman–Crippen LogP) is 3.14. The lowest BCUT2D eigenvalue weighted by molar-refractivity contribution is 0.471. The van der Waals surface area contributed by atoms with E-state index in [-0.39, 0.29) is 24.0 Å². The third-order valence-electron chi connectivity index (χ3n) is 3.35. The monoisotopic (exact) mass is 353 g/mol. The van der Waals surface area contributed by atoms with Crippen molar-refractivity contribution in [3.05, 3.63) is 0 Å². The highest BCUT2D eigenvalue weighted by atomic mass is 127. The molecule has 1 fully saturated rings. The van der Waals surface area contributed by atoms with E-state index < -0.39 is 0 Å². The van der Waals surface area contributed by atoms with Crippen molar-refractivity contribution in [3.8, 4) is 0 Å². The van der Waals surface area contributed by atoms with Crippen LogP contribution < -0.4 is 11.1 Å². The average molecular weight is 353 g/mol. The largest absolute Gasteiger partial charge is 0.370 e. The van der Waals surface area contributed by atoms with Crippen LogP contribution in [0.1, 0.15) is 52.9 Å². The molecule has 0 aliphatic heterocycles. The van der Waals surface area contributed by atoms with E-state index in [9.17, 15) is 0 Å². The summed E-state index contributed by atoms with van der Waals surface area (Å²) < 4.78 is 0. The molecule has 0 heterocycles. The van der Waals surface area contributed by atoms with Gasteiger partial charge < -0.3 is 11.1 Å². The molecule has 0 aromatic rings. The van der Waals surface area contributed by atoms with Crippen molar-refractivity contribution in [2.45, 2.75) is 52.9 Å². The number of guanidine groups is 1. The van der Waals surface area contributed by atoms with Gasteiger partial charge in [-0.25, -0.2) is 0 Å². The lowest BCUT2D eigenvalue weighted by atomic mass is 10.0. The SMILES string of the molecule is CCCC1(CN=C(N)NCCC(C)C)CC1.I. The summed E-state index contributed by atoms with van der Waals surface area (Å²) >= 11 is 0. The van der Waals surface area contributed by atoms with Crippen LogP contribution in [-0.2, 0) is 0 Å². The van der Waals surface area contributed by atoms with E-state index in [4.69, 9.17) is 5.73 Å². The first kappa shape index (κ1) is 17.0. The highest BCUT2D eigenvalue weighted by Gasteiger charge is 2.41. The second-order valence-electron chi connectivity index (χ2n) is 5.56. The van der Waals surface area contributed by atoms with E-state index in [1.54, 1.807) is 0 Å². The van der Waals surface area contributed by atoms with Gasteiger partial charge in [0.2, 0.25) is 0 Å². The standard InChI is InChI=1S/C13H27N3.HI/c1-4-6-13(7-8-13)10-16-12(14)15-9-5-11(2)3;/h11H,4-10H2,1-3H3,(H3,14,15,16);1H. The Labute approximate surface area is 123 Å². The summed E-state index contributed by atoms with van der Waals surface area (Å²) in [4.78, 5) is 4.46. The molecule has 1 rings (SSSR count). The molecule has 17 heavy (non-hydrogen) atoms. The molecule has 4 heteroatoms. The number of rotatable bonds is 7. The molecule has 0 saturated heterocycles. The van der Waals surface area contributed by atoms with Crippen LogP contribution in [0.4, 0.5) is 0 Å². The molecule has 1 aliphatic carbocycles. The van der Waals surface area contributed by atoms with Gasteiger partial charge >= 0.3 is 0 Å². The van der Waals surface area contributed by atoms with Crippen LogP contribution in [0.2, 0.25) is 0 Å². The van der Waals surface area contributed by atoms with Crippen LogP contribution in [0.25, 0.3) is 0 Å². The molecule has 1 saturated carbocycles. The third kappa shape index (κ3) is 7.11. The van der Waals surface area contributed by atoms with E-state index in [1.165, 1.54) is 25.7 Å². The molecule has 0 aromatic carbocycles. The van der Waals surface area contributed by atoms with Crippen molar-refractivity contribution in [1.29, 1.82) is 0 Å². The molecule has 0 radical (unpaired) electrons. The van der Waals surface area contributed by atoms with E-state index in [0.29, 0.717) is 11.4 Å². The molecule has 0 aromatic heterocycles. The van der Waals surface area contributed by atoms with Gasteiger partial charge in [0.05, 0.1) is 0 Å². The Morgan fingerprint density at radius 3 is 2.53 bits per heavy atom. The minimum Gasteiger partial charge on any atom is -0.370 e. The van der Waals surface area contributed by atoms with E-state index in [2.05, 4.69) is 31.1 Å². The first-order valence-corrected chi connectivity index (χ1v) is 6.62. The molecule has 1 aliphatic rings. The second-order valence-corrected chi connectivity index (χ2v) is 5.56. The van der Waals surface area contributed by atoms with E-state index in [1.807, 2.05) is 0 Å². The van der Waals surface area contributed by atoms with Gasteiger partial charge in [0, 0.05) is 13.1 Å². The summed E-state index contributed by atoms with van der Waals surface area (Å²) in [5.74, 6) is 1.35. The summed E-state index contributed by atoms with van der Waals surface area (Å²) in [6.07, 6.45) is 6.38. The smallest absolute Gasteiger partial charge is 0.188 e. The van der Waals surface area contributed by atoms with Crippen molar-refractivity contribution in [2.24, 2.45) is 22.1 Å². The Bertz CT molecular complexity index is 235. The quantitative estimate of drug-likeness (QED) is 0.420. The number of hydrogen-bond donors (Lipinski definition) is 2.